The number of aromatic nitrogens is 1. The van der Waals surface area contributed by atoms with Crippen LogP contribution in [0.2, 0.25) is 5.15 Å². The number of pyridine rings is 1. The normalized spacial score (nSPS) is 15.9. The number of halogens is 1. The maximum atomic E-state index is 13.0. The molecule has 31 heavy (non-hydrogen) atoms. The van der Waals surface area contributed by atoms with Crippen molar-refractivity contribution in [1.82, 2.24) is 9.99 Å². The SMILES string of the molecule is Cc1ccccc1C1=NN(C(=O)CCCC(=O)O)[C@@H](c2cc3ccccc3nc2Cl)C1. The number of hydrogen-bond donors (Lipinski definition) is 1. The van der Waals surface area contributed by atoms with Gasteiger partial charge in [0, 0.05) is 35.8 Å². The highest BCUT2D eigenvalue weighted by molar-refractivity contribution is 6.30. The van der Waals surface area contributed by atoms with Crippen LogP contribution >= 0.6 is 11.6 Å². The lowest BCUT2D eigenvalue weighted by atomic mass is 9.96. The third kappa shape index (κ3) is 4.44. The van der Waals surface area contributed by atoms with Crippen LogP contribution in [0.25, 0.3) is 10.9 Å². The molecule has 7 heteroatoms. The van der Waals surface area contributed by atoms with Gasteiger partial charge in [-0.3, -0.25) is 9.59 Å². The van der Waals surface area contributed by atoms with Crippen LogP contribution in [-0.2, 0) is 9.59 Å². The molecule has 2 aromatic carbocycles. The summed E-state index contributed by atoms with van der Waals surface area (Å²) in [7, 11) is 0. The Morgan fingerprint density at radius 3 is 2.65 bits per heavy atom. The average Bonchev–Trinajstić information content (AvgIpc) is 3.18. The lowest BCUT2D eigenvalue weighted by molar-refractivity contribution is -0.137. The van der Waals surface area contributed by atoms with E-state index >= 15 is 0 Å². The third-order valence-electron chi connectivity index (χ3n) is 5.47. The Hall–Kier alpha value is -3.25. The number of nitrogens with zero attached hydrogens (tertiary/aromatic N) is 3. The molecule has 3 aromatic rings. The molecule has 1 N–H and O–H groups in total. The van der Waals surface area contributed by atoms with Crippen molar-refractivity contribution in [3.63, 3.8) is 0 Å². The molecule has 0 saturated carbocycles. The molecule has 0 saturated heterocycles. The number of carbonyl (C=O) groups is 2. The zero-order valence-corrected chi connectivity index (χ0v) is 17.8. The van der Waals surface area contributed by atoms with E-state index in [1.54, 1.807) is 0 Å². The molecule has 4 rings (SSSR count). The first-order valence-corrected chi connectivity index (χ1v) is 10.5. The molecule has 1 aliphatic rings. The number of fused-ring (bicyclic) bond motifs is 1. The van der Waals surface area contributed by atoms with Gasteiger partial charge in [0.05, 0.1) is 17.3 Å². The summed E-state index contributed by atoms with van der Waals surface area (Å²) >= 11 is 6.55. The minimum absolute atomic E-state index is 0.0586. The first-order valence-electron chi connectivity index (χ1n) is 10.2. The maximum absolute atomic E-state index is 13.0. The summed E-state index contributed by atoms with van der Waals surface area (Å²) in [4.78, 5) is 28.4. The van der Waals surface area contributed by atoms with Crippen LogP contribution in [0, 0.1) is 6.92 Å². The second-order valence-electron chi connectivity index (χ2n) is 7.63. The number of carboxylic acid groups (broad SMARTS) is 1. The lowest BCUT2D eigenvalue weighted by Crippen LogP contribution is -2.27. The molecule has 6 nitrogen and oxygen atoms in total. The number of para-hydroxylation sites is 1. The van der Waals surface area contributed by atoms with E-state index in [1.807, 2.05) is 61.5 Å². The van der Waals surface area contributed by atoms with E-state index in [-0.39, 0.29) is 25.2 Å². The minimum Gasteiger partial charge on any atom is -0.481 e. The fourth-order valence-corrected chi connectivity index (χ4v) is 4.16. The fraction of sp³-hybridized carbons (Fsp3) is 0.250. The highest BCUT2D eigenvalue weighted by atomic mass is 35.5. The van der Waals surface area contributed by atoms with Gasteiger partial charge in [-0.15, -0.1) is 0 Å². The number of benzene rings is 2. The van der Waals surface area contributed by atoms with Crippen LogP contribution in [0.5, 0.6) is 0 Å². The smallest absolute Gasteiger partial charge is 0.303 e. The molecule has 0 fully saturated rings. The zero-order valence-electron chi connectivity index (χ0n) is 17.1. The Bertz CT molecular complexity index is 1190. The Morgan fingerprint density at radius 2 is 1.87 bits per heavy atom. The Morgan fingerprint density at radius 1 is 1.13 bits per heavy atom. The molecule has 0 spiro atoms. The van der Waals surface area contributed by atoms with E-state index in [1.165, 1.54) is 5.01 Å². The highest BCUT2D eigenvalue weighted by Gasteiger charge is 2.35. The van der Waals surface area contributed by atoms with Gasteiger partial charge in [0.1, 0.15) is 5.15 Å². The number of carboxylic acids is 1. The van der Waals surface area contributed by atoms with Gasteiger partial charge in [0.15, 0.2) is 0 Å². The van der Waals surface area contributed by atoms with Gasteiger partial charge < -0.3 is 5.11 Å². The molecule has 1 amide bonds. The van der Waals surface area contributed by atoms with Crippen LogP contribution in [-0.4, -0.2) is 32.7 Å². The van der Waals surface area contributed by atoms with Crippen LogP contribution in [0.1, 0.15) is 48.4 Å². The second kappa shape index (κ2) is 8.86. The maximum Gasteiger partial charge on any atom is 0.303 e. The number of aliphatic carboxylic acids is 1. The van der Waals surface area contributed by atoms with Gasteiger partial charge in [-0.05, 0) is 31.0 Å². The van der Waals surface area contributed by atoms with Gasteiger partial charge in [-0.25, -0.2) is 9.99 Å². The monoisotopic (exact) mass is 435 g/mol. The molecule has 1 aromatic heterocycles. The van der Waals surface area contributed by atoms with Crippen molar-refractivity contribution in [2.24, 2.45) is 5.10 Å². The summed E-state index contributed by atoms with van der Waals surface area (Å²) < 4.78 is 0. The molecule has 0 unspecified atom stereocenters. The van der Waals surface area contributed by atoms with Gasteiger partial charge in [-0.2, -0.15) is 5.10 Å². The van der Waals surface area contributed by atoms with Crippen molar-refractivity contribution >= 4 is 40.1 Å². The molecule has 0 bridgehead atoms. The lowest BCUT2D eigenvalue weighted by Gasteiger charge is -2.23. The van der Waals surface area contributed by atoms with Crippen molar-refractivity contribution in [2.45, 2.75) is 38.6 Å². The molecule has 0 aliphatic carbocycles. The summed E-state index contributed by atoms with van der Waals surface area (Å²) in [6.07, 6.45) is 0.814. The van der Waals surface area contributed by atoms with E-state index in [0.717, 1.165) is 33.3 Å². The zero-order chi connectivity index (χ0) is 22.0. The predicted molar refractivity (Wildman–Crippen MR) is 120 cm³/mol. The first kappa shape index (κ1) is 21.0. The topological polar surface area (TPSA) is 82.9 Å². The van der Waals surface area contributed by atoms with Gasteiger partial charge in [-0.1, -0.05) is 54.1 Å². The van der Waals surface area contributed by atoms with Crippen molar-refractivity contribution in [2.75, 3.05) is 0 Å². The fourth-order valence-electron chi connectivity index (χ4n) is 3.89. The summed E-state index contributed by atoms with van der Waals surface area (Å²) in [6, 6.07) is 17.2. The van der Waals surface area contributed by atoms with E-state index in [4.69, 9.17) is 16.7 Å². The first-order chi connectivity index (χ1) is 14.9. The molecule has 1 atom stereocenters. The van der Waals surface area contributed by atoms with E-state index in [9.17, 15) is 9.59 Å². The highest BCUT2D eigenvalue weighted by Crippen LogP contribution is 2.38. The number of carbonyl (C=O) groups excluding carboxylic acids is 1. The summed E-state index contributed by atoms with van der Waals surface area (Å²) in [6.45, 7) is 2.01. The largest absolute Gasteiger partial charge is 0.481 e. The van der Waals surface area contributed by atoms with Gasteiger partial charge in [0.25, 0.3) is 0 Å². The number of hydrogen-bond acceptors (Lipinski definition) is 4. The summed E-state index contributed by atoms with van der Waals surface area (Å²) in [5, 5.41) is 16.3. The van der Waals surface area contributed by atoms with Crippen molar-refractivity contribution in [3.05, 3.63) is 76.4 Å². The van der Waals surface area contributed by atoms with E-state index < -0.39 is 12.0 Å². The quantitative estimate of drug-likeness (QED) is 0.544. The Kier molecular flexibility index (Phi) is 6.00. The van der Waals surface area contributed by atoms with Crippen molar-refractivity contribution in [1.29, 1.82) is 0 Å². The van der Waals surface area contributed by atoms with Crippen LogP contribution in [0.15, 0.2) is 59.7 Å². The molecular weight excluding hydrogens is 414 g/mol. The second-order valence-corrected chi connectivity index (χ2v) is 7.99. The van der Waals surface area contributed by atoms with Gasteiger partial charge in [0.2, 0.25) is 5.91 Å². The average molecular weight is 436 g/mol. The molecule has 158 valence electrons. The number of rotatable bonds is 6. The van der Waals surface area contributed by atoms with Crippen LogP contribution in [0.4, 0.5) is 0 Å². The number of aryl methyl sites for hydroxylation is 1. The van der Waals surface area contributed by atoms with Crippen LogP contribution in [0.3, 0.4) is 0 Å². The molecule has 2 heterocycles. The minimum atomic E-state index is -0.920. The molecule has 1 aliphatic heterocycles. The summed E-state index contributed by atoms with van der Waals surface area (Å²) in [5.41, 5.74) is 4.38. The molecule has 0 radical (unpaired) electrons. The van der Waals surface area contributed by atoms with Crippen molar-refractivity contribution in [3.8, 4) is 0 Å². The summed E-state index contributed by atoms with van der Waals surface area (Å²) in [5.74, 6) is -1.14. The standard InChI is InChI=1S/C24H22ClN3O3/c1-15-7-2-4-9-17(15)20-14-21(28(27-20)22(29)11-6-12-23(30)31)18-13-16-8-3-5-10-19(16)26-24(18)25/h2-5,7-10,13,21H,6,11-12,14H2,1H3,(H,30,31)/t21-/m1/s1. The molecular formula is C24H22ClN3O3. The number of hydrazone groups is 1. The van der Waals surface area contributed by atoms with E-state index in [2.05, 4.69) is 10.1 Å². The van der Waals surface area contributed by atoms with E-state index in [0.29, 0.717) is 11.6 Å². The Labute approximate surface area is 185 Å². The van der Waals surface area contributed by atoms with Crippen molar-refractivity contribution < 1.29 is 14.7 Å². The number of amides is 1. The predicted octanol–water partition coefficient (Wildman–Crippen LogP) is 5.13. The third-order valence-corrected chi connectivity index (χ3v) is 5.77. The van der Waals surface area contributed by atoms with Gasteiger partial charge >= 0.3 is 5.97 Å². The Balaban J connectivity index is 1.71. The van der Waals surface area contributed by atoms with Crippen LogP contribution < -0.4 is 0 Å².